The lowest BCUT2D eigenvalue weighted by Crippen LogP contribution is -2.58. The molecule has 0 amide bonds. The van der Waals surface area contributed by atoms with Crippen molar-refractivity contribution < 1.29 is 27.4 Å². The minimum Gasteiger partial charge on any atom is -0.496 e. The summed E-state index contributed by atoms with van der Waals surface area (Å²) < 4.78 is 62.7. The molecule has 2 unspecified atom stereocenters. The summed E-state index contributed by atoms with van der Waals surface area (Å²) in [4.78, 5) is 8.27. The molecule has 0 aliphatic heterocycles. The van der Waals surface area contributed by atoms with Crippen LogP contribution in [0.2, 0.25) is 0 Å². The van der Waals surface area contributed by atoms with Gasteiger partial charge in [-0.2, -0.15) is 13.2 Å². The molecule has 0 fully saturated rings. The molecule has 1 aromatic heterocycles. The fraction of sp³-hybridized carbons (Fsp3) is 0.391. The molecule has 5 nitrogen and oxygen atoms in total. The van der Waals surface area contributed by atoms with Gasteiger partial charge in [-0.1, -0.05) is 26.0 Å². The number of nitrogens with one attached hydrogen (secondary N) is 1. The Bertz CT molecular complexity index is 1190. The van der Waals surface area contributed by atoms with Crippen LogP contribution in [0.15, 0.2) is 36.5 Å². The Kier molecular flexibility index (Phi) is 5.08. The molecule has 0 spiro atoms. The minimum absolute atomic E-state index is 0.0566. The van der Waals surface area contributed by atoms with Crippen LogP contribution in [0.1, 0.15) is 43.3 Å². The molecular formula is C23H23F4N3O2. The highest BCUT2D eigenvalue weighted by Crippen LogP contribution is 2.56. The minimum atomic E-state index is -4.96. The summed E-state index contributed by atoms with van der Waals surface area (Å²) in [5, 5.41) is 14.2. The van der Waals surface area contributed by atoms with Crippen LogP contribution < -0.4 is 10.1 Å². The van der Waals surface area contributed by atoms with E-state index in [2.05, 4.69) is 15.3 Å². The number of fused-ring (bicyclic) bond motifs is 2. The van der Waals surface area contributed by atoms with E-state index in [4.69, 9.17) is 4.74 Å². The van der Waals surface area contributed by atoms with Crippen LogP contribution in [0.5, 0.6) is 5.75 Å². The number of benzene rings is 2. The van der Waals surface area contributed by atoms with Gasteiger partial charge in [-0.3, -0.25) is 0 Å². The van der Waals surface area contributed by atoms with Gasteiger partial charge in [-0.25, -0.2) is 14.4 Å². The molecule has 0 radical (unpaired) electrons. The lowest BCUT2D eigenvalue weighted by atomic mass is 9.63. The number of aliphatic hydroxyl groups is 1. The van der Waals surface area contributed by atoms with Crippen molar-refractivity contribution >= 4 is 16.6 Å². The van der Waals surface area contributed by atoms with Gasteiger partial charge in [0.25, 0.3) is 0 Å². The summed E-state index contributed by atoms with van der Waals surface area (Å²) in [6.07, 6.45) is -4.15. The summed E-state index contributed by atoms with van der Waals surface area (Å²) >= 11 is 0. The molecule has 0 bridgehead atoms. The van der Waals surface area contributed by atoms with Gasteiger partial charge in [0.2, 0.25) is 0 Å². The van der Waals surface area contributed by atoms with Crippen LogP contribution in [0.4, 0.5) is 23.2 Å². The molecule has 2 N–H and O–H groups in total. The first-order chi connectivity index (χ1) is 14.9. The van der Waals surface area contributed by atoms with Crippen molar-refractivity contribution in [2.45, 2.75) is 50.4 Å². The topological polar surface area (TPSA) is 67.3 Å². The fourth-order valence-electron chi connectivity index (χ4n) is 4.73. The Morgan fingerprint density at radius 2 is 1.94 bits per heavy atom. The average molecular weight is 449 g/mol. The zero-order valence-corrected chi connectivity index (χ0v) is 18.0. The lowest BCUT2D eigenvalue weighted by molar-refractivity contribution is -0.275. The van der Waals surface area contributed by atoms with Crippen LogP contribution in [0, 0.1) is 12.7 Å². The van der Waals surface area contributed by atoms with Gasteiger partial charge in [0.05, 0.1) is 18.7 Å². The highest BCUT2D eigenvalue weighted by molar-refractivity contribution is 5.91. The van der Waals surface area contributed by atoms with Crippen LogP contribution >= 0.6 is 0 Å². The van der Waals surface area contributed by atoms with Crippen molar-refractivity contribution in [2.75, 3.05) is 12.4 Å². The Hall–Kier alpha value is -2.94. The maximum atomic E-state index is 14.3. The van der Waals surface area contributed by atoms with E-state index in [1.54, 1.807) is 32.9 Å². The fourth-order valence-corrected chi connectivity index (χ4v) is 4.73. The molecule has 3 aromatic rings. The Balaban J connectivity index is 1.97. The molecule has 1 heterocycles. The number of halogens is 4. The second-order valence-corrected chi connectivity index (χ2v) is 8.79. The molecule has 32 heavy (non-hydrogen) atoms. The Morgan fingerprint density at radius 1 is 1.22 bits per heavy atom. The molecular weight excluding hydrogens is 426 g/mol. The second-order valence-electron chi connectivity index (χ2n) is 8.79. The van der Waals surface area contributed by atoms with Crippen LogP contribution in [0.3, 0.4) is 0 Å². The normalized spacial score (nSPS) is 22.5. The highest BCUT2D eigenvalue weighted by Gasteiger charge is 2.64. The number of aryl methyl sites for hydroxylation is 1. The highest BCUT2D eigenvalue weighted by atomic mass is 19.4. The number of ether oxygens (including phenoxy) is 1. The van der Waals surface area contributed by atoms with Crippen molar-refractivity contribution in [3.8, 4) is 5.75 Å². The molecule has 1 aliphatic rings. The van der Waals surface area contributed by atoms with E-state index in [9.17, 15) is 22.7 Å². The lowest BCUT2D eigenvalue weighted by Gasteiger charge is -2.49. The van der Waals surface area contributed by atoms with Crippen molar-refractivity contribution in [2.24, 2.45) is 0 Å². The second kappa shape index (κ2) is 7.30. The van der Waals surface area contributed by atoms with Crippen LogP contribution in [-0.4, -0.2) is 34.0 Å². The number of aromatic nitrogens is 2. The van der Waals surface area contributed by atoms with Crippen LogP contribution in [-0.2, 0) is 5.41 Å². The molecule has 0 saturated heterocycles. The number of rotatable bonds is 3. The number of methoxy groups -OCH3 is 1. The molecule has 170 valence electrons. The van der Waals surface area contributed by atoms with Gasteiger partial charge in [0.1, 0.15) is 17.4 Å². The standard InChI is InChI=1S/C23H23F4N3O2/c1-12-28-10-15-16(29-12)8-13(24)9-17(15)30-20-14-6-5-7-18(32-4)19(14)21(2,3)11-22(20,31)23(25,26)27/h5-10,20,30-31H,11H2,1-4H3. The Morgan fingerprint density at radius 3 is 2.59 bits per heavy atom. The summed E-state index contributed by atoms with van der Waals surface area (Å²) in [7, 11) is 1.44. The van der Waals surface area contributed by atoms with Gasteiger partial charge in [-0.15, -0.1) is 0 Å². The van der Waals surface area contributed by atoms with E-state index in [1.807, 2.05) is 0 Å². The zero-order valence-electron chi connectivity index (χ0n) is 18.0. The number of nitrogens with zero attached hydrogens (tertiary/aromatic N) is 2. The number of alkyl halides is 3. The summed E-state index contributed by atoms with van der Waals surface area (Å²) in [5.41, 5.74) is -3.08. The van der Waals surface area contributed by atoms with Gasteiger partial charge >= 0.3 is 6.18 Å². The molecule has 0 saturated carbocycles. The number of hydrogen-bond acceptors (Lipinski definition) is 5. The first-order valence-corrected chi connectivity index (χ1v) is 10.0. The quantitative estimate of drug-likeness (QED) is 0.537. The predicted octanol–water partition coefficient (Wildman–Crippen LogP) is 5.21. The van der Waals surface area contributed by atoms with Gasteiger partial charge < -0.3 is 15.2 Å². The van der Waals surface area contributed by atoms with E-state index < -0.39 is 35.5 Å². The van der Waals surface area contributed by atoms with E-state index in [1.165, 1.54) is 25.4 Å². The third kappa shape index (κ3) is 3.44. The van der Waals surface area contributed by atoms with Gasteiger partial charge in [-0.05, 0) is 36.5 Å². The third-order valence-electron chi connectivity index (χ3n) is 6.03. The molecule has 2 aromatic carbocycles. The van der Waals surface area contributed by atoms with E-state index in [-0.39, 0.29) is 16.8 Å². The number of hydrogen-bond donors (Lipinski definition) is 2. The molecule has 9 heteroatoms. The summed E-state index contributed by atoms with van der Waals surface area (Å²) in [6.45, 7) is 4.90. The molecule has 4 rings (SSSR count). The monoisotopic (exact) mass is 449 g/mol. The van der Waals surface area contributed by atoms with Crippen LogP contribution in [0.25, 0.3) is 10.9 Å². The van der Waals surface area contributed by atoms with Gasteiger partial charge in [0.15, 0.2) is 5.60 Å². The first kappa shape index (κ1) is 22.3. The van der Waals surface area contributed by atoms with Crippen molar-refractivity contribution in [3.63, 3.8) is 0 Å². The SMILES string of the molecule is COc1cccc2c1C(C)(C)CC(O)(C(F)(F)F)C2Nc1cc(F)cc2nc(C)ncc12. The van der Waals surface area contributed by atoms with Crippen molar-refractivity contribution in [1.82, 2.24) is 9.97 Å². The van der Waals surface area contributed by atoms with Crippen molar-refractivity contribution in [3.05, 3.63) is 59.3 Å². The van der Waals surface area contributed by atoms with Crippen molar-refractivity contribution in [1.29, 1.82) is 0 Å². The zero-order chi connectivity index (χ0) is 23.5. The van der Waals surface area contributed by atoms with Gasteiger partial charge in [0, 0.05) is 28.9 Å². The predicted molar refractivity (Wildman–Crippen MR) is 112 cm³/mol. The summed E-state index contributed by atoms with van der Waals surface area (Å²) in [6, 6.07) is 5.41. The van der Waals surface area contributed by atoms with E-state index in [0.717, 1.165) is 6.07 Å². The largest absolute Gasteiger partial charge is 0.496 e. The molecule has 2 atom stereocenters. The molecule has 1 aliphatic carbocycles. The Labute approximate surface area is 182 Å². The van der Waals surface area contributed by atoms with E-state index in [0.29, 0.717) is 22.5 Å². The smallest absolute Gasteiger partial charge is 0.419 e. The average Bonchev–Trinajstić information content (AvgIpc) is 2.68. The van der Waals surface area contributed by atoms with E-state index >= 15 is 0 Å². The maximum absolute atomic E-state index is 14.3. The first-order valence-electron chi connectivity index (χ1n) is 10.0. The summed E-state index contributed by atoms with van der Waals surface area (Å²) in [5.74, 6) is 0.151. The third-order valence-corrected chi connectivity index (χ3v) is 6.03. The number of anilines is 1. The maximum Gasteiger partial charge on any atom is 0.419 e.